The molecule has 0 aliphatic rings. The summed E-state index contributed by atoms with van der Waals surface area (Å²) in [4.78, 5) is 12.8. The van der Waals surface area contributed by atoms with E-state index >= 15 is 0 Å². The minimum Gasteiger partial charge on any atom is -0.391 e. The van der Waals surface area contributed by atoms with Crippen molar-refractivity contribution in [3.8, 4) is 0 Å². The molecule has 0 N–H and O–H groups in total. The molecular formula is C15H16Cl3N3O. The number of hydrogen-bond donors (Lipinski definition) is 0. The molecule has 2 aromatic rings. The van der Waals surface area contributed by atoms with Crippen LogP contribution in [0.25, 0.3) is 0 Å². The molecule has 0 saturated heterocycles. The Morgan fingerprint density at radius 1 is 1.00 bits per heavy atom. The van der Waals surface area contributed by atoms with Gasteiger partial charge in [-0.3, -0.25) is 0 Å². The van der Waals surface area contributed by atoms with E-state index in [4.69, 9.17) is 39.6 Å². The number of rotatable bonds is 4. The van der Waals surface area contributed by atoms with Gasteiger partial charge in [0, 0.05) is 23.8 Å². The van der Waals surface area contributed by atoms with E-state index in [9.17, 15) is 0 Å². The molecule has 0 radical (unpaired) electrons. The van der Waals surface area contributed by atoms with Gasteiger partial charge in [0.1, 0.15) is 16.9 Å². The van der Waals surface area contributed by atoms with Crippen molar-refractivity contribution in [2.24, 2.45) is 5.16 Å². The Kier molecular flexibility index (Phi) is 8.82. The molecule has 22 heavy (non-hydrogen) atoms. The minimum atomic E-state index is 0.426. The standard InChI is InChI=1S/C9H11ClN2O.C6H5Cl2N/c1-7(2)12-13-6-8-3-4-9(10)11-5-8;7-3-5-1-2-6(8)9-4-5/h3-5H,6H2,1-2H3;1-2,4H,3H2. The second-order valence-electron chi connectivity index (χ2n) is 4.42. The Labute approximate surface area is 145 Å². The molecule has 2 heterocycles. The summed E-state index contributed by atoms with van der Waals surface area (Å²) in [7, 11) is 0. The van der Waals surface area contributed by atoms with E-state index in [-0.39, 0.29) is 0 Å². The molecule has 4 nitrogen and oxygen atoms in total. The molecule has 2 rings (SSSR count). The van der Waals surface area contributed by atoms with Gasteiger partial charge in [-0.25, -0.2) is 9.97 Å². The van der Waals surface area contributed by atoms with Crippen LogP contribution in [0.2, 0.25) is 10.3 Å². The summed E-state index contributed by atoms with van der Waals surface area (Å²) >= 11 is 16.6. The zero-order valence-corrected chi connectivity index (χ0v) is 14.5. The fourth-order valence-corrected chi connectivity index (χ4v) is 1.59. The molecule has 2 aromatic heterocycles. The van der Waals surface area contributed by atoms with Crippen LogP contribution in [0, 0.1) is 0 Å². The highest BCUT2D eigenvalue weighted by atomic mass is 35.5. The molecule has 0 aliphatic carbocycles. The van der Waals surface area contributed by atoms with E-state index in [1.54, 1.807) is 24.5 Å². The maximum absolute atomic E-state index is 5.62. The van der Waals surface area contributed by atoms with Crippen LogP contribution in [0.1, 0.15) is 25.0 Å². The minimum absolute atomic E-state index is 0.426. The van der Waals surface area contributed by atoms with Gasteiger partial charge in [-0.15, -0.1) is 11.6 Å². The fraction of sp³-hybridized carbons (Fsp3) is 0.267. The molecule has 0 saturated carbocycles. The van der Waals surface area contributed by atoms with Crippen LogP contribution >= 0.6 is 34.8 Å². The zero-order chi connectivity index (χ0) is 16.4. The van der Waals surface area contributed by atoms with E-state index in [0.717, 1.165) is 16.8 Å². The van der Waals surface area contributed by atoms with E-state index in [1.807, 2.05) is 26.0 Å². The number of halogens is 3. The van der Waals surface area contributed by atoms with Gasteiger partial charge in [-0.1, -0.05) is 40.5 Å². The molecule has 0 bridgehead atoms. The summed E-state index contributed by atoms with van der Waals surface area (Å²) in [5.74, 6) is 0.490. The average Bonchev–Trinajstić information content (AvgIpc) is 2.50. The number of alkyl halides is 1. The predicted molar refractivity (Wildman–Crippen MR) is 91.6 cm³/mol. The first-order chi connectivity index (χ1) is 10.5. The van der Waals surface area contributed by atoms with E-state index in [1.165, 1.54) is 0 Å². The third kappa shape index (κ3) is 8.17. The predicted octanol–water partition coefficient (Wildman–Crippen LogP) is 5.12. The van der Waals surface area contributed by atoms with Crippen LogP contribution in [0.3, 0.4) is 0 Å². The Morgan fingerprint density at radius 3 is 1.95 bits per heavy atom. The Balaban J connectivity index is 0.000000235. The van der Waals surface area contributed by atoms with Gasteiger partial charge in [0.15, 0.2) is 0 Å². The van der Waals surface area contributed by atoms with E-state index in [2.05, 4.69) is 15.1 Å². The lowest BCUT2D eigenvalue weighted by Crippen LogP contribution is -1.90. The van der Waals surface area contributed by atoms with Crippen LogP contribution in [-0.2, 0) is 17.3 Å². The monoisotopic (exact) mass is 359 g/mol. The molecule has 7 heteroatoms. The third-order valence-electron chi connectivity index (χ3n) is 2.21. The van der Waals surface area contributed by atoms with Crippen molar-refractivity contribution >= 4 is 40.5 Å². The SMILES string of the molecule is CC(C)=NOCc1ccc(Cl)nc1.ClCc1ccc(Cl)nc1. The summed E-state index contributed by atoms with van der Waals surface area (Å²) in [5, 5.41) is 4.79. The number of pyridine rings is 2. The van der Waals surface area contributed by atoms with Crippen molar-refractivity contribution in [1.29, 1.82) is 0 Å². The van der Waals surface area contributed by atoms with Gasteiger partial charge < -0.3 is 4.84 Å². The summed E-state index contributed by atoms with van der Waals surface area (Å²) in [6.45, 7) is 4.18. The molecular weight excluding hydrogens is 345 g/mol. The topological polar surface area (TPSA) is 47.4 Å². The highest BCUT2D eigenvalue weighted by molar-refractivity contribution is 6.29. The average molecular weight is 361 g/mol. The van der Waals surface area contributed by atoms with Crippen molar-refractivity contribution in [1.82, 2.24) is 9.97 Å². The summed E-state index contributed by atoms with van der Waals surface area (Å²) in [5.41, 5.74) is 2.83. The van der Waals surface area contributed by atoms with E-state index < -0.39 is 0 Å². The van der Waals surface area contributed by atoms with Crippen molar-refractivity contribution in [3.05, 3.63) is 58.1 Å². The van der Waals surface area contributed by atoms with Crippen LogP contribution in [-0.4, -0.2) is 15.7 Å². The van der Waals surface area contributed by atoms with Crippen LogP contribution < -0.4 is 0 Å². The Morgan fingerprint density at radius 2 is 1.55 bits per heavy atom. The molecule has 0 amide bonds. The summed E-state index contributed by atoms with van der Waals surface area (Å²) in [6, 6.07) is 7.15. The highest BCUT2D eigenvalue weighted by Crippen LogP contribution is 2.07. The third-order valence-corrected chi connectivity index (χ3v) is 2.97. The van der Waals surface area contributed by atoms with Gasteiger partial charge in [-0.05, 0) is 31.5 Å². The van der Waals surface area contributed by atoms with Gasteiger partial charge >= 0.3 is 0 Å². The Hall–Kier alpha value is -1.36. The lowest BCUT2D eigenvalue weighted by Gasteiger charge is -1.99. The smallest absolute Gasteiger partial charge is 0.143 e. The molecule has 0 aliphatic heterocycles. The maximum Gasteiger partial charge on any atom is 0.143 e. The number of hydrogen-bond acceptors (Lipinski definition) is 4. The second kappa shape index (κ2) is 10.4. The maximum atomic E-state index is 5.62. The first-order valence-electron chi connectivity index (χ1n) is 6.41. The molecule has 0 atom stereocenters. The van der Waals surface area contributed by atoms with Gasteiger partial charge in [0.05, 0.1) is 5.71 Å². The first kappa shape index (κ1) is 18.7. The molecule has 0 aromatic carbocycles. The van der Waals surface area contributed by atoms with Crippen LogP contribution in [0.15, 0.2) is 41.8 Å². The Bertz CT molecular complexity index is 582. The number of nitrogens with zero attached hydrogens (tertiary/aromatic N) is 3. The summed E-state index contributed by atoms with van der Waals surface area (Å²) in [6.07, 6.45) is 3.33. The molecule has 0 unspecified atom stereocenters. The lowest BCUT2D eigenvalue weighted by molar-refractivity contribution is 0.130. The molecule has 0 spiro atoms. The van der Waals surface area contributed by atoms with E-state index in [0.29, 0.717) is 22.8 Å². The van der Waals surface area contributed by atoms with Crippen LogP contribution in [0.4, 0.5) is 0 Å². The number of aromatic nitrogens is 2. The normalized spacial score (nSPS) is 9.50. The van der Waals surface area contributed by atoms with Crippen LogP contribution in [0.5, 0.6) is 0 Å². The largest absolute Gasteiger partial charge is 0.391 e. The fourth-order valence-electron chi connectivity index (χ4n) is 1.21. The van der Waals surface area contributed by atoms with Gasteiger partial charge in [0.2, 0.25) is 0 Å². The quantitative estimate of drug-likeness (QED) is 0.329. The van der Waals surface area contributed by atoms with Gasteiger partial charge in [0.25, 0.3) is 0 Å². The number of oxime groups is 1. The lowest BCUT2D eigenvalue weighted by atomic mass is 10.3. The first-order valence-corrected chi connectivity index (χ1v) is 7.70. The summed E-state index contributed by atoms with van der Waals surface area (Å²) < 4.78 is 0. The zero-order valence-electron chi connectivity index (χ0n) is 12.3. The molecule has 0 fully saturated rings. The second-order valence-corrected chi connectivity index (χ2v) is 5.47. The van der Waals surface area contributed by atoms with Crippen molar-refractivity contribution < 1.29 is 4.84 Å². The molecule has 118 valence electrons. The van der Waals surface area contributed by atoms with Crippen molar-refractivity contribution in [3.63, 3.8) is 0 Å². The van der Waals surface area contributed by atoms with Crippen molar-refractivity contribution in [2.45, 2.75) is 26.3 Å². The van der Waals surface area contributed by atoms with Crippen molar-refractivity contribution in [2.75, 3.05) is 0 Å². The van der Waals surface area contributed by atoms with Gasteiger partial charge in [-0.2, -0.15) is 0 Å². The highest BCUT2D eigenvalue weighted by Gasteiger charge is 1.93.